The molecular weight excluding hydrogens is 348 g/mol. The molecule has 0 spiro atoms. The van der Waals surface area contributed by atoms with E-state index in [1.54, 1.807) is 6.20 Å². The summed E-state index contributed by atoms with van der Waals surface area (Å²) in [7, 11) is 2.15. The second-order valence-corrected chi connectivity index (χ2v) is 7.08. The second kappa shape index (κ2) is 8.23. The lowest BCUT2D eigenvalue weighted by atomic mass is 10.1. The van der Waals surface area contributed by atoms with Crippen LogP contribution in [0.4, 0.5) is 11.4 Å². The molecule has 1 amide bonds. The summed E-state index contributed by atoms with van der Waals surface area (Å²) in [5, 5.41) is 2.97. The molecule has 4 rings (SSSR count). The average Bonchev–Trinajstić information content (AvgIpc) is 2.76. The van der Waals surface area contributed by atoms with Crippen LogP contribution >= 0.6 is 0 Å². The van der Waals surface area contributed by atoms with Gasteiger partial charge in [-0.3, -0.25) is 9.78 Å². The molecule has 1 fully saturated rings. The third kappa shape index (κ3) is 4.21. The van der Waals surface area contributed by atoms with Crippen LogP contribution in [-0.4, -0.2) is 49.0 Å². The Bertz CT molecular complexity index is 915. The number of carbonyl (C=O) groups excluding carboxylic acids is 1. The Morgan fingerprint density at radius 2 is 1.61 bits per heavy atom. The zero-order chi connectivity index (χ0) is 19.3. The van der Waals surface area contributed by atoms with E-state index in [9.17, 15) is 4.79 Å². The fraction of sp³-hybridized carbons (Fsp3) is 0.217. The van der Waals surface area contributed by atoms with Crippen LogP contribution in [0, 0.1) is 0 Å². The molecule has 1 aliphatic rings. The van der Waals surface area contributed by atoms with E-state index in [0.717, 1.165) is 43.1 Å². The number of piperazine rings is 1. The van der Waals surface area contributed by atoms with Crippen molar-refractivity contribution in [2.75, 3.05) is 43.4 Å². The van der Waals surface area contributed by atoms with Crippen molar-refractivity contribution in [3.63, 3.8) is 0 Å². The largest absolute Gasteiger partial charge is 0.369 e. The van der Waals surface area contributed by atoms with Gasteiger partial charge in [0.05, 0.1) is 5.69 Å². The maximum Gasteiger partial charge on any atom is 0.255 e. The lowest BCUT2D eigenvalue weighted by Gasteiger charge is -2.34. The van der Waals surface area contributed by atoms with E-state index in [4.69, 9.17) is 0 Å². The fourth-order valence-electron chi connectivity index (χ4n) is 3.35. The van der Waals surface area contributed by atoms with Gasteiger partial charge in [-0.1, -0.05) is 18.2 Å². The summed E-state index contributed by atoms with van der Waals surface area (Å²) in [5.41, 5.74) is 4.52. The van der Waals surface area contributed by atoms with E-state index >= 15 is 0 Å². The van der Waals surface area contributed by atoms with Crippen molar-refractivity contribution in [3.05, 3.63) is 78.5 Å². The molecule has 0 atom stereocenters. The number of hydrogen-bond acceptors (Lipinski definition) is 4. The van der Waals surface area contributed by atoms with Crippen molar-refractivity contribution in [2.24, 2.45) is 0 Å². The fourth-order valence-corrected chi connectivity index (χ4v) is 3.35. The molecule has 28 heavy (non-hydrogen) atoms. The number of rotatable bonds is 4. The number of carbonyl (C=O) groups is 1. The van der Waals surface area contributed by atoms with Gasteiger partial charge in [0.15, 0.2) is 0 Å². The molecule has 0 unspecified atom stereocenters. The monoisotopic (exact) mass is 372 g/mol. The second-order valence-electron chi connectivity index (χ2n) is 7.08. The van der Waals surface area contributed by atoms with Gasteiger partial charge in [0, 0.05) is 54.9 Å². The van der Waals surface area contributed by atoms with Gasteiger partial charge in [0.1, 0.15) is 0 Å². The van der Waals surface area contributed by atoms with Crippen LogP contribution in [-0.2, 0) is 0 Å². The van der Waals surface area contributed by atoms with Gasteiger partial charge in [-0.25, -0.2) is 0 Å². The summed E-state index contributed by atoms with van der Waals surface area (Å²) in [4.78, 5) is 21.6. The molecular formula is C23H24N4O. The van der Waals surface area contributed by atoms with E-state index in [0.29, 0.717) is 5.56 Å². The summed E-state index contributed by atoms with van der Waals surface area (Å²) in [6, 6.07) is 21.4. The zero-order valence-corrected chi connectivity index (χ0v) is 16.0. The van der Waals surface area contributed by atoms with Gasteiger partial charge in [-0.05, 0) is 55.6 Å². The van der Waals surface area contributed by atoms with E-state index in [-0.39, 0.29) is 5.91 Å². The molecule has 2 aromatic carbocycles. The van der Waals surface area contributed by atoms with Crippen molar-refractivity contribution in [1.82, 2.24) is 9.88 Å². The maximum absolute atomic E-state index is 12.5. The SMILES string of the molecule is CN1CCN(c2ccc(NC(=O)c3ccc(-c4ccccn4)cc3)cc2)CC1. The highest BCUT2D eigenvalue weighted by atomic mass is 16.1. The van der Waals surface area contributed by atoms with Gasteiger partial charge in [-0.15, -0.1) is 0 Å². The first kappa shape index (κ1) is 18.2. The first-order valence-corrected chi connectivity index (χ1v) is 9.55. The van der Waals surface area contributed by atoms with Crippen molar-refractivity contribution in [3.8, 4) is 11.3 Å². The maximum atomic E-state index is 12.5. The Balaban J connectivity index is 1.39. The van der Waals surface area contributed by atoms with E-state index in [1.165, 1.54) is 5.69 Å². The third-order valence-electron chi connectivity index (χ3n) is 5.10. The molecule has 0 bridgehead atoms. The van der Waals surface area contributed by atoms with E-state index in [1.807, 2.05) is 54.6 Å². The minimum Gasteiger partial charge on any atom is -0.369 e. The molecule has 1 aromatic heterocycles. The summed E-state index contributed by atoms with van der Waals surface area (Å²) >= 11 is 0. The Kier molecular flexibility index (Phi) is 5.35. The molecule has 142 valence electrons. The number of amides is 1. The molecule has 1 N–H and O–H groups in total. The summed E-state index contributed by atoms with van der Waals surface area (Å²) in [6.45, 7) is 4.22. The summed E-state index contributed by atoms with van der Waals surface area (Å²) in [5.74, 6) is -0.111. The average molecular weight is 372 g/mol. The highest BCUT2D eigenvalue weighted by molar-refractivity contribution is 6.04. The lowest BCUT2D eigenvalue weighted by Crippen LogP contribution is -2.44. The van der Waals surface area contributed by atoms with Gasteiger partial charge < -0.3 is 15.1 Å². The molecule has 0 aliphatic carbocycles. The Morgan fingerprint density at radius 3 is 2.25 bits per heavy atom. The van der Waals surface area contributed by atoms with Crippen LogP contribution in [0.5, 0.6) is 0 Å². The molecule has 2 heterocycles. The number of likely N-dealkylation sites (N-methyl/N-ethyl adjacent to an activating group) is 1. The number of pyridine rings is 1. The molecule has 3 aromatic rings. The number of nitrogens with one attached hydrogen (secondary N) is 1. The topological polar surface area (TPSA) is 48.5 Å². The van der Waals surface area contributed by atoms with E-state index in [2.05, 4.69) is 39.3 Å². The quantitative estimate of drug-likeness (QED) is 0.758. The van der Waals surface area contributed by atoms with Crippen molar-refractivity contribution in [2.45, 2.75) is 0 Å². The van der Waals surface area contributed by atoms with Crippen LogP contribution in [0.15, 0.2) is 72.9 Å². The molecule has 0 radical (unpaired) electrons. The number of anilines is 2. The first-order valence-electron chi connectivity index (χ1n) is 9.55. The number of benzene rings is 2. The Hall–Kier alpha value is -3.18. The molecule has 5 nitrogen and oxygen atoms in total. The van der Waals surface area contributed by atoms with Crippen LogP contribution in [0.3, 0.4) is 0 Å². The van der Waals surface area contributed by atoms with Crippen molar-refractivity contribution >= 4 is 17.3 Å². The standard InChI is InChI=1S/C23H24N4O/c1-26-14-16-27(17-15-26)21-11-9-20(10-12-21)25-23(28)19-7-5-18(6-8-19)22-4-2-3-13-24-22/h2-13H,14-17H2,1H3,(H,25,28). The summed E-state index contributed by atoms with van der Waals surface area (Å²) < 4.78 is 0. The van der Waals surface area contributed by atoms with Gasteiger partial charge in [0.25, 0.3) is 5.91 Å². The van der Waals surface area contributed by atoms with Gasteiger partial charge >= 0.3 is 0 Å². The molecule has 1 saturated heterocycles. The number of aromatic nitrogens is 1. The van der Waals surface area contributed by atoms with Crippen molar-refractivity contribution in [1.29, 1.82) is 0 Å². The highest BCUT2D eigenvalue weighted by Gasteiger charge is 2.14. The first-order chi connectivity index (χ1) is 13.7. The van der Waals surface area contributed by atoms with Crippen LogP contribution in [0.1, 0.15) is 10.4 Å². The Morgan fingerprint density at radius 1 is 0.893 bits per heavy atom. The predicted octanol–water partition coefficient (Wildman–Crippen LogP) is 3.75. The third-order valence-corrected chi connectivity index (χ3v) is 5.10. The smallest absolute Gasteiger partial charge is 0.255 e. The van der Waals surface area contributed by atoms with E-state index < -0.39 is 0 Å². The minimum atomic E-state index is -0.111. The zero-order valence-electron chi connectivity index (χ0n) is 16.0. The lowest BCUT2D eigenvalue weighted by molar-refractivity contribution is 0.102. The number of hydrogen-bond donors (Lipinski definition) is 1. The normalized spacial score (nSPS) is 14.7. The van der Waals surface area contributed by atoms with Crippen LogP contribution in [0.2, 0.25) is 0 Å². The van der Waals surface area contributed by atoms with Gasteiger partial charge in [-0.2, -0.15) is 0 Å². The highest BCUT2D eigenvalue weighted by Crippen LogP contribution is 2.21. The predicted molar refractivity (Wildman–Crippen MR) is 114 cm³/mol. The molecule has 1 aliphatic heterocycles. The molecule has 5 heteroatoms. The minimum absolute atomic E-state index is 0.111. The molecule has 0 saturated carbocycles. The van der Waals surface area contributed by atoms with Crippen molar-refractivity contribution < 1.29 is 4.79 Å². The van der Waals surface area contributed by atoms with Crippen LogP contribution in [0.25, 0.3) is 11.3 Å². The van der Waals surface area contributed by atoms with Crippen LogP contribution < -0.4 is 10.2 Å². The van der Waals surface area contributed by atoms with Gasteiger partial charge in [0.2, 0.25) is 0 Å². The summed E-state index contributed by atoms with van der Waals surface area (Å²) in [6.07, 6.45) is 1.77. The Labute approximate surface area is 165 Å². The number of nitrogens with zero attached hydrogens (tertiary/aromatic N) is 3.